The van der Waals surface area contributed by atoms with Gasteiger partial charge in [-0.3, -0.25) is 9.59 Å². The van der Waals surface area contributed by atoms with Crippen molar-refractivity contribution >= 4 is 11.9 Å². The highest BCUT2D eigenvalue weighted by atomic mass is 16.5. The molecule has 0 saturated heterocycles. The topological polar surface area (TPSA) is 52.6 Å². The molecule has 0 aliphatic heterocycles. The highest BCUT2D eigenvalue weighted by molar-refractivity contribution is 5.69. The first-order valence-electron chi connectivity index (χ1n) is 13.0. The number of carbonyl (C=O) groups excluding carboxylic acids is 2. The molecule has 0 bridgehead atoms. The van der Waals surface area contributed by atoms with Gasteiger partial charge in [-0.1, -0.05) is 99.3 Å². The molecule has 0 aliphatic rings. The fourth-order valence-electron chi connectivity index (χ4n) is 3.63. The molecular weight excluding hydrogens is 388 g/mol. The van der Waals surface area contributed by atoms with Crippen LogP contribution in [0.15, 0.2) is 0 Å². The molecule has 1 unspecified atom stereocenters. The van der Waals surface area contributed by atoms with Crippen LogP contribution in [0.5, 0.6) is 0 Å². The first-order valence-corrected chi connectivity index (χ1v) is 13.0. The predicted octanol–water partition coefficient (Wildman–Crippen LogP) is 7.73. The van der Waals surface area contributed by atoms with E-state index in [9.17, 15) is 9.59 Å². The predicted molar refractivity (Wildman–Crippen MR) is 130 cm³/mol. The molecule has 0 amide bonds. The Morgan fingerprint density at radius 1 is 0.581 bits per heavy atom. The third-order valence-electron chi connectivity index (χ3n) is 5.73. The Labute approximate surface area is 193 Å². The first-order chi connectivity index (χ1) is 14.7. The summed E-state index contributed by atoms with van der Waals surface area (Å²) in [6.45, 7) is 13.8. The summed E-state index contributed by atoms with van der Waals surface area (Å²) >= 11 is 0. The Bertz CT molecular complexity index is 443. The molecule has 0 spiro atoms. The van der Waals surface area contributed by atoms with E-state index < -0.39 is 0 Å². The lowest BCUT2D eigenvalue weighted by Gasteiger charge is -2.20. The minimum Gasteiger partial charge on any atom is -0.465 e. The van der Waals surface area contributed by atoms with Crippen molar-refractivity contribution in [3.8, 4) is 0 Å². The number of carbonyl (C=O) groups is 2. The van der Waals surface area contributed by atoms with Crippen LogP contribution in [-0.4, -0.2) is 25.2 Å². The van der Waals surface area contributed by atoms with Crippen molar-refractivity contribution in [1.29, 1.82) is 0 Å². The minimum atomic E-state index is -0.0409. The van der Waals surface area contributed by atoms with Crippen LogP contribution < -0.4 is 0 Å². The SMILES string of the molecule is CC(C)COC(=O)CCCCCCCCCCCCC(CC(=O)OCC(C)C)C(C)C. The van der Waals surface area contributed by atoms with E-state index in [-0.39, 0.29) is 11.9 Å². The number of hydrogen-bond acceptors (Lipinski definition) is 4. The van der Waals surface area contributed by atoms with Gasteiger partial charge in [0.15, 0.2) is 0 Å². The average molecular weight is 441 g/mol. The molecule has 0 aromatic rings. The lowest BCUT2D eigenvalue weighted by atomic mass is 9.87. The maximum absolute atomic E-state index is 12.0. The second-order valence-electron chi connectivity index (χ2n) is 10.4. The fraction of sp³-hybridized carbons (Fsp3) is 0.926. The summed E-state index contributed by atoms with van der Waals surface area (Å²) in [6.07, 6.45) is 14.6. The Balaban J connectivity index is 3.56. The van der Waals surface area contributed by atoms with Gasteiger partial charge in [-0.2, -0.15) is 0 Å². The zero-order valence-electron chi connectivity index (χ0n) is 21.5. The Hall–Kier alpha value is -1.06. The molecule has 0 aromatic heterocycles. The summed E-state index contributed by atoms with van der Waals surface area (Å²) in [4.78, 5) is 23.6. The second kappa shape index (κ2) is 19.6. The van der Waals surface area contributed by atoms with E-state index in [0.717, 1.165) is 19.3 Å². The molecule has 0 N–H and O–H groups in total. The van der Waals surface area contributed by atoms with Crippen LogP contribution in [-0.2, 0) is 19.1 Å². The van der Waals surface area contributed by atoms with Gasteiger partial charge >= 0.3 is 11.9 Å². The summed E-state index contributed by atoms with van der Waals surface area (Å²) in [5.74, 6) is 1.73. The van der Waals surface area contributed by atoms with E-state index in [1.54, 1.807) is 0 Å². The molecule has 0 aromatic carbocycles. The van der Waals surface area contributed by atoms with Gasteiger partial charge < -0.3 is 9.47 Å². The number of esters is 2. The van der Waals surface area contributed by atoms with Crippen molar-refractivity contribution in [3.63, 3.8) is 0 Å². The lowest BCUT2D eigenvalue weighted by molar-refractivity contribution is -0.146. The Morgan fingerprint density at radius 3 is 1.45 bits per heavy atom. The van der Waals surface area contributed by atoms with Gasteiger partial charge in [0.05, 0.1) is 13.2 Å². The van der Waals surface area contributed by atoms with Crippen molar-refractivity contribution in [2.75, 3.05) is 13.2 Å². The first kappa shape index (κ1) is 29.9. The smallest absolute Gasteiger partial charge is 0.306 e. The molecule has 0 fully saturated rings. The van der Waals surface area contributed by atoms with Crippen molar-refractivity contribution in [1.82, 2.24) is 0 Å². The van der Waals surface area contributed by atoms with E-state index in [1.165, 1.54) is 51.4 Å². The average Bonchev–Trinajstić information content (AvgIpc) is 2.70. The van der Waals surface area contributed by atoms with Gasteiger partial charge in [-0.25, -0.2) is 0 Å². The fourth-order valence-corrected chi connectivity index (χ4v) is 3.63. The monoisotopic (exact) mass is 440 g/mol. The molecule has 184 valence electrons. The minimum absolute atomic E-state index is 0.0279. The van der Waals surface area contributed by atoms with E-state index in [0.29, 0.717) is 49.7 Å². The summed E-state index contributed by atoms with van der Waals surface area (Å²) in [6, 6.07) is 0. The van der Waals surface area contributed by atoms with Crippen molar-refractivity contribution in [2.45, 2.75) is 125 Å². The van der Waals surface area contributed by atoms with Gasteiger partial charge in [-0.15, -0.1) is 0 Å². The van der Waals surface area contributed by atoms with Crippen molar-refractivity contribution in [2.24, 2.45) is 23.7 Å². The summed E-state index contributed by atoms with van der Waals surface area (Å²) in [5, 5.41) is 0. The number of hydrogen-bond donors (Lipinski definition) is 0. The van der Waals surface area contributed by atoms with Crippen LogP contribution in [0.4, 0.5) is 0 Å². The van der Waals surface area contributed by atoms with Gasteiger partial charge in [0.25, 0.3) is 0 Å². The third-order valence-corrected chi connectivity index (χ3v) is 5.73. The second-order valence-corrected chi connectivity index (χ2v) is 10.4. The largest absolute Gasteiger partial charge is 0.465 e. The molecule has 0 rings (SSSR count). The number of ether oxygens (including phenoxy) is 2. The molecule has 1 atom stereocenters. The molecule has 31 heavy (non-hydrogen) atoms. The zero-order chi connectivity index (χ0) is 23.5. The molecule has 4 heteroatoms. The number of unbranched alkanes of at least 4 members (excludes halogenated alkanes) is 9. The van der Waals surface area contributed by atoms with Gasteiger partial charge in [0, 0.05) is 12.8 Å². The van der Waals surface area contributed by atoms with Crippen LogP contribution in [0.1, 0.15) is 125 Å². The maximum Gasteiger partial charge on any atom is 0.306 e. The summed E-state index contributed by atoms with van der Waals surface area (Å²) in [7, 11) is 0. The van der Waals surface area contributed by atoms with E-state index >= 15 is 0 Å². The molecular formula is C27H52O4. The highest BCUT2D eigenvalue weighted by Gasteiger charge is 2.18. The van der Waals surface area contributed by atoms with Gasteiger partial charge in [0.2, 0.25) is 0 Å². The van der Waals surface area contributed by atoms with Crippen LogP contribution in [0.3, 0.4) is 0 Å². The van der Waals surface area contributed by atoms with Crippen LogP contribution >= 0.6 is 0 Å². The van der Waals surface area contributed by atoms with Crippen LogP contribution in [0.2, 0.25) is 0 Å². The van der Waals surface area contributed by atoms with Crippen LogP contribution in [0, 0.1) is 23.7 Å². The summed E-state index contributed by atoms with van der Waals surface area (Å²) < 4.78 is 10.6. The number of rotatable bonds is 20. The van der Waals surface area contributed by atoms with Crippen molar-refractivity contribution in [3.05, 3.63) is 0 Å². The maximum atomic E-state index is 12.0. The Kier molecular flexibility index (Phi) is 18.9. The molecule has 0 radical (unpaired) electrons. The third kappa shape index (κ3) is 20.6. The van der Waals surface area contributed by atoms with Gasteiger partial charge in [-0.05, 0) is 36.5 Å². The quantitative estimate of drug-likeness (QED) is 0.143. The molecule has 0 aliphatic carbocycles. The molecule has 0 heterocycles. The van der Waals surface area contributed by atoms with Gasteiger partial charge in [0.1, 0.15) is 0 Å². The van der Waals surface area contributed by atoms with Crippen molar-refractivity contribution < 1.29 is 19.1 Å². The molecule has 4 nitrogen and oxygen atoms in total. The normalized spacial score (nSPS) is 12.5. The molecule has 0 saturated carbocycles. The highest BCUT2D eigenvalue weighted by Crippen LogP contribution is 2.23. The van der Waals surface area contributed by atoms with E-state index in [4.69, 9.17) is 9.47 Å². The summed E-state index contributed by atoms with van der Waals surface area (Å²) in [5.41, 5.74) is 0. The Morgan fingerprint density at radius 2 is 1.00 bits per heavy atom. The van der Waals surface area contributed by atoms with E-state index in [2.05, 4.69) is 41.5 Å². The lowest BCUT2D eigenvalue weighted by Crippen LogP contribution is -2.18. The zero-order valence-corrected chi connectivity index (χ0v) is 21.5. The van der Waals surface area contributed by atoms with Crippen LogP contribution in [0.25, 0.3) is 0 Å². The standard InChI is InChI=1S/C27H52O4/c1-22(2)20-30-26(28)18-16-14-12-10-8-7-9-11-13-15-17-25(24(5)6)19-27(29)31-21-23(3)4/h22-25H,7-21H2,1-6H3. The van der Waals surface area contributed by atoms with E-state index in [1.807, 2.05) is 0 Å².